The number of hydrogen-bond donors (Lipinski definition) is 1. The summed E-state index contributed by atoms with van der Waals surface area (Å²) < 4.78 is 61.3. The Bertz CT molecular complexity index is 876. The van der Waals surface area contributed by atoms with Gasteiger partial charge in [-0.25, -0.2) is 26.2 Å². The SMILES string of the molecule is Cc1nc(NS(=O)(=O)c2ccc(F)cc2)sc1S(=O)(=O)Cl. The van der Waals surface area contributed by atoms with Gasteiger partial charge >= 0.3 is 0 Å². The zero-order valence-electron chi connectivity index (χ0n) is 10.4. The molecule has 0 bridgehead atoms. The summed E-state index contributed by atoms with van der Waals surface area (Å²) in [6, 6.07) is 4.15. The number of aromatic nitrogens is 1. The summed E-state index contributed by atoms with van der Waals surface area (Å²) in [7, 11) is -2.77. The van der Waals surface area contributed by atoms with E-state index in [1.54, 1.807) is 0 Å². The van der Waals surface area contributed by atoms with Gasteiger partial charge in [0.2, 0.25) is 0 Å². The molecule has 2 aromatic rings. The van der Waals surface area contributed by atoms with E-state index in [1.807, 2.05) is 0 Å². The number of halogens is 2. The third-order valence-corrected chi connectivity index (χ3v) is 7.06. The highest BCUT2D eigenvalue weighted by Gasteiger charge is 2.22. The van der Waals surface area contributed by atoms with E-state index in [2.05, 4.69) is 9.71 Å². The third kappa shape index (κ3) is 3.70. The van der Waals surface area contributed by atoms with E-state index in [1.165, 1.54) is 6.92 Å². The van der Waals surface area contributed by atoms with E-state index < -0.39 is 24.9 Å². The molecular formula is C10H8ClFN2O4S3. The molecule has 1 heterocycles. The van der Waals surface area contributed by atoms with Crippen LogP contribution in [0, 0.1) is 12.7 Å². The molecule has 0 fully saturated rings. The number of sulfonamides is 1. The van der Waals surface area contributed by atoms with Crippen LogP contribution in [0.5, 0.6) is 0 Å². The number of rotatable bonds is 4. The van der Waals surface area contributed by atoms with Gasteiger partial charge in [-0.1, -0.05) is 11.3 Å². The number of nitrogens with zero attached hydrogens (tertiary/aromatic N) is 1. The first-order valence-corrected chi connectivity index (χ1v) is 9.91. The number of thiazole rings is 1. The lowest BCUT2D eigenvalue weighted by Gasteiger charge is -2.04. The first-order valence-electron chi connectivity index (χ1n) is 5.30. The quantitative estimate of drug-likeness (QED) is 0.833. The zero-order chi connectivity index (χ0) is 15.8. The highest BCUT2D eigenvalue weighted by atomic mass is 35.7. The summed E-state index contributed by atoms with van der Waals surface area (Å²) in [6.07, 6.45) is 0. The molecule has 2 rings (SSSR count). The lowest BCUT2D eigenvalue weighted by molar-refractivity contribution is 0.599. The summed E-state index contributed by atoms with van der Waals surface area (Å²) in [4.78, 5) is 3.62. The number of aryl methyl sites for hydroxylation is 1. The van der Waals surface area contributed by atoms with Gasteiger partial charge in [0, 0.05) is 10.7 Å². The second kappa shape index (κ2) is 5.52. The molecule has 0 saturated carbocycles. The van der Waals surface area contributed by atoms with E-state index >= 15 is 0 Å². The van der Waals surface area contributed by atoms with Crippen LogP contribution in [0.3, 0.4) is 0 Å². The molecule has 6 nitrogen and oxygen atoms in total. The van der Waals surface area contributed by atoms with Crippen LogP contribution in [0.4, 0.5) is 9.52 Å². The topological polar surface area (TPSA) is 93.2 Å². The second-order valence-corrected chi connectivity index (χ2v) is 9.33. The average Bonchev–Trinajstić information content (AvgIpc) is 2.69. The van der Waals surface area contributed by atoms with Crippen molar-refractivity contribution in [1.82, 2.24) is 4.98 Å². The molecular weight excluding hydrogens is 363 g/mol. The summed E-state index contributed by atoms with van der Waals surface area (Å²) in [5.74, 6) is -0.574. The number of hydrogen-bond acceptors (Lipinski definition) is 6. The minimum absolute atomic E-state index is 0.0896. The zero-order valence-corrected chi connectivity index (χ0v) is 13.6. The molecule has 0 amide bonds. The molecule has 0 unspecified atom stereocenters. The predicted octanol–water partition coefficient (Wildman–Crippen LogP) is 2.32. The highest BCUT2D eigenvalue weighted by molar-refractivity contribution is 8.15. The van der Waals surface area contributed by atoms with Crippen LogP contribution in [-0.2, 0) is 19.1 Å². The summed E-state index contributed by atoms with van der Waals surface area (Å²) in [5, 5.41) is -0.143. The van der Waals surface area contributed by atoms with Crippen molar-refractivity contribution >= 4 is 46.2 Å². The van der Waals surface area contributed by atoms with E-state index in [4.69, 9.17) is 10.7 Å². The van der Waals surface area contributed by atoms with Gasteiger partial charge in [-0.15, -0.1) is 0 Å². The Morgan fingerprint density at radius 2 is 1.76 bits per heavy atom. The fourth-order valence-electron chi connectivity index (χ4n) is 1.44. The molecule has 114 valence electrons. The lowest BCUT2D eigenvalue weighted by Crippen LogP contribution is -2.12. The van der Waals surface area contributed by atoms with Crippen molar-refractivity contribution in [3.8, 4) is 0 Å². The van der Waals surface area contributed by atoms with E-state index in [9.17, 15) is 21.2 Å². The number of anilines is 1. The molecule has 0 radical (unpaired) electrons. The minimum Gasteiger partial charge on any atom is -0.255 e. The maximum absolute atomic E-state index is 12.8. The fraction of sp³-hybridized carbons (Fsp3) is 0.100. The van der Waals surface area contributed by atoms with E-state index in [0.717, 1.165) is 24.3 Å². The van der Waals surface area contributed by atoms with Crippen molar-refractivity contribution in [3.63, 3.8) is 0 Å². The van der Waals surface area contributed by atoms with Crippen molar-refractivity contribution in [3.05, 3.63) is 35.8 Å². The second-order valence-electron chi connectivity index (χ2n) is 3.89. The van der Waals surface area contributed by atoms with Crippen molar-refractivity contribution in [1.29, 1.82) is 0 Å². The standard InChI is InChI=1S/C10H8ClFN2O4S3/c1-6-9(20(11,15)16)19-10(13-6)14-21(17,18)8-4-2-7(12)3-5-8/h2-5H,1H3,(H,13,14). The fourth-order valence-corrected chi connectivity index (χ4v) is 5.03. The molecule has 0 aliphatic rings. The molecule has 0 aliphatic heterocycles. The van der Waals surface area contributed by atoms with Crippen LogP contribution in [-0.4, -0.2) is 21.8 Å². The van der Waals surface area contributed by atoms with Crippen molar-refractivity contribution in [2.45, 2.75) is 16.0 Å². The lowest BCUT2D eigenvalue weighted by atomic mass is 10.4. The van der Waals surface area contributed by atoms with Gasteiger partial charge in [0.25, 0.3) is 19.1 Å². The molecule has 1 aromatic carbocycles. The van der Waals surface area contributed by atoms with Crippen molar-refractivity contribution in [2.24, 2.45) is 0 Å². The van der Waals surface area contributed by atoms with Crippen LogP contribution in [0.25, 0.3) is 0 Å². The molecule has 0 atom stereocenters. The van der Waals surface area contributed by atoms with Crippen LogP contribution in [0.2, 0.25) is 0 Å². The van der Waals surface area contributed by atoms with Crippen molar-refractivity contribution in [2.75, 3.05) is 4.72 Å². The maximum atomic E-state index is 12.8. The van der Waals surface area contributed by atoms with Crippen LogP contribution in [0.1, 0.15) is 5.69 Å². The Morgan fingerprint density at radius 1 is 1.19 bits per heavy atom. The summed E-state index contributed by atoms with van der Waals surface area (Å²) in [6.45, 7) is 1.39. The van der Waals surface area contributed by atoms with Crippen LogP contribution < -0.4 is 4.72 Å². The molecule has 1 aromatic heterocycles. The molecule has 11 heteroatoms. The molecule has 0 aliphatic carbocycles. The van der Waals surface area contributed by atoms with Gasteiger partial charge in [0.1, 0.15) is 5.82 Å². The van der Waals surface area contributed by atoms with Gasteiger partial charge in [0.05, 0.1) is 10.6 Å². The Labute approximate surface area is 129 Å². The normalized spacial score (nSPS) is 12.3. The number of nitrogens with one attached hydrogen (secondary N) is 1. The summed E-state index contributed by atoms with van der Waals surface area (Å²) >= 11 is 0.596. The van der Waals surface area contributed by atoms with Gasteiger partial charge < -0.3 is 0 Å². The molecule has 1 N–H and O–H groups in total. The molecule has 0 saturated heterocycles. The smallest absolute Gasteiger partial charge is 0.255 e. The largest absolute Gasteiger partial charge is 0.272 e. The first kappa shape index (κ1) is 16.1. The number of benzene rings is 1. The first-order chi connectivity index (χ1) is 9.59. The van der Waals surface area contributed by atoms with Gasteiger partial charge in [-0.05, 0) is 31.2 Å². The average molecular weight is 371 g/mol. The molecule has 0 spiro atoms. The minimum atomic E-state index is -3.99. The predicted molar refractivity (Wildman–Crippen MR) is 77.1 cm³/mol. The third-order valence-electron chi connectivity index (χ3n) is 2.32. The van der Waals surface area contributed by atoms with Gasteiger partial charge in [-0.2, -0.15) is 0 Å². The van der Waals surface area contributed by atoms with Crippen LogP contribution >= 0.6 is 22.0 Å². The maximum Gasteiger partial charge on any atom is 0.272 e. The Hall–Kier alpha value is -1.23. The molecule has 21 heavy (non-hydrogen) atoms. The Morgan fingerprint density at radius 3 is 2.24 bits per heavy atom. The van der Waals surface area contributed by atoms with E-state index in [0.29, 0.717) is 11.3 Å². The Kier molecular flexibility index (Phi) is 4.24. The monoisotopic (exact) mass is 370 g/mol. The van der Waals surface area contributed by atoms with Crippen molar-refractivity contribution < 1.29 is 21.2 Å². The summed E-state index contributed by atoms with van der Waals surface area (Å²) in [5.41, 5.74) is 0.0896. The highest BCUT2D eigenvalue weighted by Crippen LogP contribution is 2.30. The van der Waals surface area contributed by atoms with Gasteiger partial charge in [-0.3, -0.25) is 4.72 Å². The Balaban J connectivity index is 2.36. The van der Waals surface area contributed by atoms with E-state index in [-0.39, 0.29) is 19.9 Å². The van der Waals surface area contributed by atoms with Gasteiger partial charge in [0.15, 0.2) is 9.34 Å². The van der Waals surface area contributed by atoms with Crippen LogP contribution in [0.15, 0.2) is 33.4 Å².